The smallest absolute Gasteiger partial charge is 0.0936 e. The Bertz CT molecular complexity index is 390. The van der Waals surface area contributed by atoms with Gasteiger partial charge in [-0.1, -0.05) is 27.7 Å². The summed E-state index contributed by atoms with van der Waals surface area (Å²) in [5.41, 5.74) is 1.71. The van der Waals surface area contributed by atoms with Crippen LogP contribution in [0.25, 0.3) is 0 Å². The number of hydrogen-bond donors (Lipinski definition) is 1. The van der Waals surface area contributed by atoms with E-state index in [-0.39, 0.29) is 0 Å². The predicted molar refractivity (Wildman–Crippen MR) is 79.2 cm³/mol. The third kappa shape index (κ3) is 3.55. The predicted octanol–water partition coefficient (Wildman–Crippen LogP) is 4.11. The minimum atomic E-state index is 0.340. The summed E-state index contributed by atoms with van der Waals surface area (Å²) in [6.07, 6.45) is 6.06. The molecule has 0 bridgehead atoms. The number of hydrogen-bond acceptors (Lipinski definition) is 3. The standard InChI is InChI=1S/C15H26N2S/c1-5-9-16-11-7-6-8-12-14(11)18-13(17-12)10-15(2,3)4/h11,16H,5-10H2,1-4H3. The van der Waals surface area contributed by atoms with Gasteiger partial charge >= 0.3 is 0 Å². The molecule has 1 heterocycles. The van der Waals surface area contributed by atoms with Crippen LogP contribution < -0.4 is 5.32 Å². The molecule has 1 atom stereocenters. The van der Waals surface area contributed by atoms with Crippen molar-refractivity contribution < 1.29 is 0 Å². The molecule has 1 N–H and O–H groups in total. The fourth-order valence-electron chi connectivity index (χ4n) is 2.51. The highest BCUT2D eigenvalue weighted by Crippen LogP contribution is 2.36. The highest BCUT2D eigenvalue weighted by molar-refractivity contribution is 7.11. The minimum Gasteiger partial charge on any atom is -0.309 e. The molecule has 1 unspecified atom stereocenters. The van der Waals surface area contributed by atoms with Crippen LogP contribution in [-0.2, 0) is 12.8 Å². The molecule has 0 aliphatic heterocycles. The summed E-state index contributed by atoms with van der Waals surface area (Å²) in [5.74, 6) is 0. The summed E-state index contributed by atoms with van der Waals surface area (Å²) >= 11 is 1.95. The fraction of sp³-hybridized carbons (Fsp3) is 0.800. The van der Waals surface area contributed by atoms with Gasteiger partial charge in [-0.2, -0.15) is 0 Å². The Labute approximate surface area is 115 Å². The maximum Gasteiger partial charge on any atom is 0.0936 e. The topological polar surface area (TPSA) is 24.9 Å². The van der Waals surface area contributed by atoms with Gasteiger partial charge in [0.15, 0.2) is 0 Å². The number of thiazole rings is 1. The van der Waals surface area contributed by atoms with Crippen molar-refractivity contribution in [3.05, 3.63) is 15.6 Å². The van der Waals surface area contributed by atoms with Gasteiger partial charge < -0.3 is 5.32 Å². The molecule has 0 radical (unpaired) electrons. The molecule has 2 nitrogen and oxygen atoms in total. The highest BCUT2D eigenvalue weighted by Gasteiger charge is 2.25. The van der Waals surface area contributed by atoms with Gasteiger partial charge in [0, 0.05) is 17.3 Å². The minimum absolute atomic E-state index is 0.340. The second kappa shape index (κ2) is 5.70. The van der Waals surface area contributed by atoms with Crippen molar-refractivity contribution >= 4 is 11.3 Å². The fourth-order valence-corrected chi connectivity index (χ4v) is 4.04. The lowest BCUT2D eigenvalue weighted by Crippen LogP contribution is -2.24. The quantitative estimate of drug-likeness (QED) is 0.887. The van der Waals surface area contributed by atoms with Crippen LogP contribution in [0, 0.1) is 5.41 Å². The van der Waals surface area contributed by atoms with Gasteiger partial charge in [-0.3, -0.25) is 0 Å². The van der Waals surface area contributed by atoms with E-state index in [1.165, 1.54) is 41.3 Å². The van der Waals surface area contributed by atoms with Gasteiger partial charge in [-0.25, -0.2) is 4.98 Å². The van der Waals surface area contributed by atoms with Crippen molar-refractivity contribution in [2.45, 2.75) is 65.8 Å². The van der Waals surface area contributed by atoms with E-state index in [4.69, 9.17) is 4.98 Å². The normalized spacial score (nSPS) is 19.9. The second-order valence-corrected chi connectivity index (χ2v) is 7.67. The molecular formula is C15H26N2S. The van der Waals surface area contributed by atoms with Gasteiger partial charge in [-0.05, 0) is 37.6 Å². The van der Waals surface area contributed by atoms with Crippen LogP contribution in [0.3, 0.4) is 0 Å². The Hall–Kier alpha value is -0.410. The van der Waals surface area contributed by atoms with E-state index in [1.54, 1.807) is 0 Å². The first-order chi connectivity index (χ1) is 8.49. The number of aromatic nitrogens is 1. The van der Waals surface area contributed by atoms with Gasteiger partial charge in [0.05, 0.1) is 10.7 Å². The Kier molecular flexibility index (Phi) is 4.44. The van der Waals surface area contributed by atoms with E-state index >= 15 is 0 Å². The lowest BCUT2D eigenvalue weighted by atomic mass is 9.93. The maximum atomic E-state index is 4.87. The van der Waals surface area contributed by atoms with Gasteiger partial charge in [0.1, 0.15) is 0 Å². The summed E-state index contributed by atoms with van der Waals surface area (Å²) in [6.45, 7) is 10.2. The summed E-state index contributed by atoms with van der Waals surface area (Å²) in [6, 6.07) is 0.569. The number of fused-ring (bicyclic) bond motifs is 1. The highest BCUT2D eigenvalue weighted by atomic mass is 32.1. The van der Waals surface area contributed by atoms with E-state index in [9.17, 15) is 0 Å². The summed E-state index contributed by atoms with van der Waals surface area (Å²) < 4.78 is 0. The summed E-state index contributed by atoms with van der Waals surface area (Å²) in [4.78, 5) is 6.40. The molecule has 0 spiro atoms. The van der Waals surface area contributed by atoms with Crippen LogP contribution in [0.5, 0.6) is 0 Å². The van der Waals surface area contributed by atoms with Crippen LogP contribution in [0.4, 0.5) is 0 Å². The molecule has 1 aromatic heterocycles. The molecule has 0 fully saturated rings. The van der Waals surface area contributed by atoms with Gasteiger partial charge in [0.25, 0.3) is 0 Å². The molecule has 0 aromatic carbocycles. The Morgan fingerprint density at radius 3 is 2.83 bits per heavy atom. The van der Waals surface area contributed by atoms with Crippen molar-refractivity contribution in [1.29, 1.82) is 0 Å². The van der Waals surface area contributed by atoms with Gasteiger partial charge in [-0.15, -0.1) is 11.3 Å². The zero-order valence-corrected chi connectivity index (χ0v) is 13.0. The first-order valence-electron chi connectivity index (χ1n) is 7.21. The Morgan fingerprint density at radius 2 is 2.17 bits per heavy atom. The molecule has 0 saturated carbocycles. The average molecular weight is 266 g/mol. The molecule has 102 valence electrons. The third-order valence-corrected chi connectivity index (χ3v) is 4.53. The zero-order valence-electron chi connectivity index (χ0n) is 12.2. The Balaban J connectivity index is 2.13. The molecule has 0 amide bonds. The third-order valence-electron chi connectivity index (χ3n) is 3.32. The number of aryl methyl sites for hydroxylation is 1. The van der Waals surface area contributed by atoms with Crippen LogP contribution in [0.2, 0.25) is 0 Å². The van der Waals surface area contributed by atoms with E-state index in [0.717, 1.165) is 13.0 Å². The van der Waals surface area contributed by atoms with Gasteiger partial charge in [0.2, 0.25) is 0 Å². The molecule has 1 aliphatic rings. The number of rotatable bonds is 4. The van der Waals surface area contributed by atoms with E-state index in [1.807, 2.05) is 11.3 Å². The van der Waals surface area contributed by atoms with E-state index in [2.05, 4.69) is 33.0 Å². The zero-order chi connectivity index (χ0) is 13.2. The number of nitrogens with one attached hydrogen (secondary N) is 1. The molecule has 1 aromatic rings. The molecule has 1 aliphatic carbocycles. The first-order valence-corrected chi connectivity index (χ1v) is 8.03. The van der Waals surface area contributed by atoms with Crippen molar-refractivity contribution in [2.75, 3.05) is 6.54 Å². The Morgan fingerprint density at radius 1 is 1.39 bits per heavy atom. The lowest BCUT2D eigenvalue weighted by Gasteiger charge is -2.22. The first kappa shape index (κ1) is 14.0. The van der Waals surface area contributed by atoms with Crippen LogP contribution in [-0.4, -0.2) is 11.5 Å². The molecule has 2 rings (SSSR count). The number of nitrogens with zero attached hydrogens (tertiary/aromatic N) is 1. The van der Waals surface area contributed by atoms with Crippen LogP contribution in [0.15, 0.2) is 0 Å². The monoisotopic (exact) mass is 266 g/mol. The lowest BCUT2D eigenvalue weighted by molar-refractivity contribution is 0.410. The van der Waals surface area contributed by atoms with Crippen LogP contribution in [0.1, 0.15) is 68.6 Å². The van der Waals surface area contributed by atoms with Crippen molar-refractivity contribution in [3.63, 3.8) is 0 Å². The van der Waals surface area contributed by atoms with Crippen LogP contribution >= 0.6 is 11.3 Å². The molecule has 18 heavy (non-hydrogen) atoms. The second-order valence-electron chi connectivity index (χ2n) is 6.55. The maximum absolute atomic E-state index is 4.87. The average Bonchev–Trinajstić information content (AvgIpc) is 2.66. The van der Waals surface area contributed by atoms with Crippen molar-refractivity contribution in [3.8, 4) is 0 Å². The van der Waals surface area contributed by atoms with Crippen molar-refractivity contribution in [1.82, 2.24) is 10.3 Å². The molecule has 0 saturated heterocycles. The van der Waals surface area contributed by atoms with E-state index < -0.39 is 0 Å². The molecular weight excluding hydrogens is 240 g/mol. The largest absolute Gasteiger partial charge is 0.309 e. The molecule has 3 heteroatoms. The summed E-state index contributed by atoms with van der Waals surface area (Å²) in [7, 11) is 0. The summed E-state index contributed by atoms with van der Waals surface area (Å²) in [5, 5.41) is 5.01. The SMILES string of the molecule is CCCNC1CCCc2nc(CC(C)(C)C)sc21. The van der Waals surface area contributed by atoms with E-state index in [0.29, 0.717) is 11.5 Å². The van der Waals surface area contributed by atoms with Crippen molar-refractivity contribution in [2.24, 2.45) is 5.41 Å².